The molecule has 1 fully saturated rings. The summed E-state index contributed by atoms with van der Waals surface area (Å²) in [7, 11) is 0. The topological polar surface area (TPSA) is 12.0 Å². The molecule has 96 valence electrons. The van der Waals surface area contributed by atoms with Crippen LogP contribution in [0.25, 0.3) is 0 Å². The smallest absolute Gasteiger partial charge is 0.0701 e. The highest BCUT2D eigenvalue weighted by Crippen LogP contribution is 2.39. The van der Waals surface area contributed by atoms with Crippen LogP contribution in [0.3, 0.4) is 0 Å². The molecule has 0 aromatic carbocycles. The fourth-order valence-electron chi connectivity index (χ4n) is 2.40. The van der Waals surface area contributed by atoms with Gasteiger partial charge in [-0.3, -0.25) is 0 Å². The molecule has 3 heteroatoms. The molecule has 1 aliphatic rings. The summed E-state index contributed by atoms with van der Waals surface area (Å²) in [5, 5.41) is 3.74. The molecule has 0 saturated heterocycles. The fourth-order valence-corrected chi connectivity index (χ4v) is 3.94. The lowest BCUT2D eigenvalue weighted by molar-refractivity contribution is 0.341. The lowest BCUT2D eigenvalue weighted by Crippen LogP contribution is -2.38. The number of rotatable bonds is 7. The highest BCUT2D eigenvalue weighted by molar-refractivity contribution is 9.11. The minimum absolute atomic E-state index is 0.660. The second-order valence-electron chi connectivity index (χ2n) is 5.17. The van der Waals surface area contributed by atoms with E-state index in [0.29, 0.717) is 6.04 Å². The largest absolute Gasteiger partial charge is 0.313 e. The molecule has 2 unspecified atom stereocenters. The minimum atomic E-state index is 0.660. The van der Waals surface area contributed by atoms with E-state index in [4.69, 9.17) is 0 Å². The molecule has 0 spiro atoms. The van der Waals surface area contributed by atoms with E-state index in [1.165, 1.54) is 34.3 Å². The Hall–Kier alpha value is 0.140. The van der Waals surface area contributed by atoms with Crippen molar-refractivity contribution >= 4 is 27.3 Å². The number of nitrogens with one attached hydrogen (secondary N) is 1. The quantitative estimate of drug-likeness (QED) is 0.783. The molecule has 1 aromatic heterocycles. The van der Waals surface area contributed by atoms with Gasteiger partial charge in [0.15, 0.2) is 0 Å². The molecule has 0 radical (unpaired) electrons. The molecule has 1 aliphatic carbocycles. The lowest BCUT2D eigenvalue weighted by atomic mass is 9.93. The molecule has 0 aliphatic heterocycles. The van der Waals surface area contributed by atoms with E-state index in [9.17, 15) is 0 Å². The third-order valence-corrected chi connectivity index (χ3v) is 5.35. The predicted octanol–water partition coefficient (Wildman–Crippen LogP) is 4.47. The molecule has 1 saturated carbocycles. The first kappa shape index (κ1) is 13.6. The van der Waals surface area contributed by atoms with Crippen LogP contribution in [0.2, 0.25) is 0 Å². The van der Waals surface area contributed by atoms with Crippen LogP contribution in [0.5, 0.6) is 0 Å². The number of hydrogen-bond acceptors (Lipinski definition) is 2. The van der Waals surface area contributed by atoms with E-state index < -0.39 is 0 Å². The molecular formula is C14H22BrNS. The van der Waals surface area contributed by atoms with E-state index in [1.807, 2.05) is 11.3 Å². The fraction of sp³-hybridized carbons (Fsp3) is 0.714. The van der Waals surface area contributed by atoms with Crippen molar-refractivity contribution in [2.45, 2.75) is 45.6 Å². The van der Waals surface area contributed by atoms with Crippen LogP contribution in [-0.4, -0.2) is 12.6 Å². The van der Waals surface area contributed by atoms with Crippen LogP contribution < -0.4 is 5.32 Å². The molecule has 17 heavy (non-hydrogen) atoms. The monoisotopic (exact) mass is 315 g/mol. The third-order valence-electron chi connectivity index (χ3n) is 3.71. The highest BCUT2D eigenvalue weighted by atomic mass is 79.9. The third kappa shape index (κ3) is 4.08. The molecule has 1 N–H and O–H groups in total. The van der Waals surface area contributed by atoms with Crippen molar-refractivity contribution in [3.8, 4) is 0 Å². The Bertz CT molecular complexity index is 346. The van der Waals surface area contributed by atoms with Gasteiger partial charge >= 0.3 is 0 Å². The summed E-state index contributed by atoms with van der Waals surface area (Å²) in [5.41, 5.74) is 0. The minimum Gasteiger partial charge on any atom is -0.313 e. The molecule has 1 aromatic rings. The lowest BCUT2D eigenvalue weighted by Gasteiger charge is -2.24. The van der Waals surface area contributed by atoms with Gasteiger partial charge in [-0.25, -0.2) is 0 Å². The van der Waals surface area contributed by atoms with Crippen LogP contribution in [0.1, 0.15) is 38.0 Å². The Morgan fingerprint density at radius 3 is 2.76 bits per heavy atom. The normalized spacial score (nSPS) is 19.2. The second kappa shape index (κ2) is 6.35. The molecule has 0 bridgehead atoms. The van der Waals surface area contributed by atoms with Crippen molar-refractivity contribution < 1.29 is 0 Å². The first-order chi connectivity index (χ1) is 8.20. The van der Waals surface area contributed by atoms with Crippen LogP contribution in [0, 0.1) is 11.8 Å². The van der Waals surface area contributed by atoms with Gasteiger partial charge in [0.2, 0.25) is 0 Å². The van der Waals surface area contributed by atoms with Gasteiger partial charge in [-0.1, -0.05) is 13.8 Å². The highest BCUT2D eigenvalue weighted by Gasteiger charge is 2.33. The maximum Gasteiger partial charge on any atom is 0.0701 e. The van der Waals surface area contributed by atoms with Gasteiger partial charge in [0, 0.05) is 10.9 Å². The SMILES string of the molecule is CCCNC(Cc1ccc(Br)s1)C(C)C1CC1. The van der Waals surface area contributed by atoms with Gasteiger partial charge in [-0.2, -0.15) is 0 Å². The maximum absolute atomic E-state index is 3.74. The summed E-state index contributed by atoms with van der Waals surface area (Å²) in [6.07, 6.45) is 5.30. The molecule has 1 nitrogen and oxygen atoms in total. The van der Waals surface area contributed by atoms with Gasteiger partial charge in [0.05, 0.1) is 3.79 Å². The van der Waals surface area contributed by atoms with Crippen molar-refractivity contribution in [1.82, 2.24) is 5.32 Å². The average molecular weight is 316 g/mol. The standard InChI is InChI=1S/C14H22BrNS/c1-3-8-16-13(10(2)11-4-5-11)9-12-6-7-14(15)17-12/h6-7,10-11,13,16H,3-5,8-9H2,1-2H3. The molecular weight excluding hydrogens is 294 g/mol. The van der Waals surface area contributed by atoms with Crippen LogP contribution >= 0.6 is 27.3 Å². The van der Waals surface area contributed by atoms with Gasteiger partial charge in [0.1, 0.15) is 0 Å². The molecule has 0 amide bonds. The van der Waals surface area contributed by atoms with Crippen molar-refractivity contribution in [1.29, 1.82) is 0 Å². The predicted molar refractivity (Wildman–Crippen MR) is 79.7 cm³/mol. The van der Waals surface area contributed by atoms with Gasteiger partial charge in [-0.05, 0) is 72.1 Å². The van der Waals surface area contributed by atoms with E-state index in [1.54, 1.807) is 0 Å². The van der Waals surface area contributed by atoms with E-state index in [0.717, 1.165) is 18.4 Å². The summed E-state index contributed by atoms with van der Waals surface area (Å²) >= 11 is 5.43. The number of thiophene rings is 1. The molecule has 2 atom stereocenters. The Morgan fingerprint density at radius 2 is 2.24 bits per heavy atom. The maximum atomic E-state index is 3.74. The molecule has 1 heterocycles. The van der Waals surface area contributed by atoms with Crippen molar-refractivity contribution in [3.63, 3.8) is 0 Å². The second-order valence-corrected chi connectivity index (χ2v) is 7.71. The zero-order valence-corrected chi connectivity index (χ0v) is 13.1. The number of hydrogen-bond donors (Lipinski definition) is 1. The van der Waals surface area contributed by atoms with Crippen LogP contribution in [0.4, 0.5) is 0 Å². The Balaban J connectivity index is 1.93. The van der Waals surface area contributed by atoms with E-state index in [2.05, 4.69) is 47.2 Å². The van der Waals surface area contributed by atoms with Gasteiger partial charge < -0.3 is 5.32 Å². The van der Waals surface area contributed by atoms with E-state index in [-0.39, 0.29) is 0 Å². The first-order valence-electron chi connectivity index (χ1n) is 6.68. The van der Waals surface area contributed by atoms with Crippen molar-refractivity contribution in [3.05, 3.63) is 20.8 Å². The average Bonchev–Trinajstić information content (AvgIpc) is 3.08. The summed E-state index contributed by atoms with van der Waals surface area (Å²) in [6.45, 7) is 5.81. The summed E-state index contributed by atoms with van der Waals surface area (Å²) in [4.78, 5) is 1.50. The van der Waals surface area contributed by atoms with Gasteiger partial charge in [-0.15, -0.1) is 11.3 Å². The zero-order chi connectivity index (χ0) is 12.3. The Morgan fingerprint density at radius 1 is 1.47 bits per heavy atom. The van der Waals surface area contributed by atoms with Crippen LogP contribution in [-0.2, 0) is 6.42 Å². The van der Waals surface area contributed by atoms with Crippen molar-refractivity contribution in [2.24, 2.45) is 11.8 Å². The summed E-state index contributed by atoms with van der Waals surface area (Å²) in [5.74, 6) is 1.80. The molecule has 2 rings (SSSR count). The Labute approximate surface area is 117 Å². The van der Waals surface area contributed by atoms with Crippen molar-refractivity contribution in [2.75, 3.05) is 6.54 Å². The van der Waals surface area contributed by atoms with E-state index >= 15 is 0 Å². The number of halogens is 1. The Kier molecular flexibility index (Phi) is 5.07. The van der Waals surface area contributed by atoms with Gasteiger partial charge in [0.25, 0.3) is 0 Å². The summed E-state index contributed by atoms with van der Waals surface area (Å²) < 4.78 is 1.25. The zero-order valence-electron chi connectivity index (χ0n) is 10.7. The van der Waals surface area contributed by atoms with Crippen LogP contribution in [0.15, 0.2) is 15.9 Å². The summed E-state index contributed by atoms with van der Waals surface area (Å²) in [6, 6.07) is 5.08. The first-order valence-corrected chi connectivity index (χ1v) is 8.29.